The standard InChI is InChI=1S/C22H41NO2Si2/c1-21(2,3)26(7,8)23-19(17-16-18-14-12-11-13-15-18)20(24)25-27(9,10)22(4,5)6/h11-15,19,23H,16-17H2,1-10H3/t19-/m0/s1. The summed E-state index contributed by atoms with van der Waals surface area (Å²) in [7, 11) is -3.96. The van der Waals surface area contributed by atoms with Crippen LogP contribution in [-0.4, -0.2) is 28.6 Å². The molecule has 1 atom stereocenters. The highest BCUT2D eigenvalue weighted by molar-refractivity contribution is 6.78. The Bertz CT molecular complexity index is 613. The van der Waals surface area contributed by atoms with Gasteiger partial charge in [0.25, 0.3) is 8.32 Å². The molecular weight excluding hydrogens is 366 g/mol. The van der Waals surface area contributed by atoms with Crippen LogP contribution in [0.4, 0.5) is 0 Å². The Kier molecular flexibility index (Phi) is 7.70. The van der Waals surface area contributed by atoms with Crippen molar-refractivity contribution in [2.45, 2.75) is 96.7 Å². The monoisotopic (exact) mass is 407 g/mol. The SMILES string of the molecule is CC(C)(C)[Si](C)(C)N[C@@H](CCc1ccccc1)C(=O)O[Si](C)(C)C(C)(C)C. The molecule has 0 radical (unpaired) electrons. The highest BCUT2D eigenvalue weighted by Crippen LogP contribution is 2.38. The van der Waals surface area contributed by atoms with E-state index in [-0.39, 0.29) is 22.1 Å². The zero-order valence-electron chi connectivity index (χ0n) is 19.2. The summed E-state index contributed by atoms with van der Waals surface area (Å²) in [5.74, 6) is -0.0673. The zero-order chi connectivity index (χ0) is 21.1. The molecule has 0 aliphatic heterocycles. The Balaban J connectivity index is 3.00. The minimum absolute atomic E-state index is 0.0175. The number of benzene rings is 1. The highest BCUT2D eigenvalue weighted by atomic mass is 28.4. The van der Waals surface area contributed by atoms with Gasteiger partial charge in [-0.3, -0.25) is 4.79 Å². The molecule has 1 rings (SSSR count). The first-order valence-corrected chi connectivity index (χ1v) is 16.0. The molecule has 0 heterocycles. The average molecular weight is 408 g/mol. The van der Waals surface area contributed by atoms with Crippen molar-refractivity contribution in [1.82, 2.24) is 4.98 Å². The van der Waals surface area contributed by atoms with Gasteiger partial charge in [-0.05, 0) is 41.6 Å². The van der Waals surface area contributed by atoms with E-state index in [2.05, 4.69) is 97.0 Å². The third-order valence-electron chi connectivity index (χ3n) is 6.42. The fraction of sp³-hybridized carbons (Fsp3) is 0.682. The first kappa shape index (κ1) is 24.1. The van der Waals surface area contributed by atoms with Gasteiger partial charge in [0, 0.05) is 0 Å². The van der Waals surface area contributed by atoms with Crippen LogP contribution >= 0.6 is 0 Å². The molecule has 5 heteroatoms. The van der Waals surface area contributed by atoms with Crippen LogP contribution in [0, 0.1) is 0 Å². The van der Waals surface area contributed by atoms with Crippen LogP contribution in [-0.2, 0) is 15.6 Å². The van der Waals surface area contributed by atoms with Crippen LogP contribution in [0.25, 0.3) is 0 Å². The van der Waals surface area contributed by atoms with Gasteiger partial charge < -0.3 is 9.41 Å². The van der Waals surface area contributed by atoms with Crippen molar-refractivity contribution in [3.8, 4) is 0 Å². The van der Waals surface area contributed by atoms with E-state index in [0.717, 1.165) is 12.8 Å². The van der Waals surface area contributed by atoms with Gasteiger partial charge in [0.1, 0.15) is 8.24 Å². The quantitative estimate of drug-likeness (QED) is 0.552. The molecule has 1 N–H and O–H groups in total. The Morgan fingerprint density at radius 2 is 1.48 bits per heavy atom. The topological polar surface area (TPSA) is 38.3 Å². The summed E-state index contributed by atoms with van der Waals surface area (Å²) in [5.41, 5.74) is 1.26. The largest absolute Gasteiger partial charge is 0.518 e. The van der Waals surface area contributed by atoms with Gasteiger partial charge >= 0.3 is 5.97 Å². The van der Waals surface area contributed by atoms with Gasteiger partial charge in [0.15, 0.2) is 0 Å². The zero-order valence-corrected chi connectivity index (χ0v) is 21.2. The number of hydrogen-bond acceptors (Lipinski definition) is 3. The van der Waals surface area contributed by atoms with E-state index in [0.29, 0.717) is 0 Å². The Morgan fingerprint density at radius 1 is 0.963 bits per heavy atom. The lowest BCUT2D eigenvalue weighted by Gasteiger charge is -2.41. The molecule has 27 heavy (non-hydrogen) atoms. The van der Waals surface area contributed by atoms with Crippen LogP contribution < -0.4 is 4.98 Å². The Hall–Kier alpha value is -0.916. The molecule has 0 spiro atoms. The molecular formula is C22H41NO2Si2. The van der Waals surface area contributed by atoms with E-state index in [4.69, 9.17) is 4.43 Å². The third-order valence-corrected chi connectivity index (χ3v) is 15.6. The summed E-state index contributed by atoms with van der Waals surface area (Å²) < 4.78 is 6.17. The van der Waals surface area contributed by atoms with E-state index in [1.54, 1.807) is 0 Å². The van der Waals surface area contributed by atoms with Gasteiger partial charge in [-0.15, -0.1) is 0 Å². The molecule has 0 saturated heterocycles. The van der Waals surface area contributed by atoms with Crippen LogP contribution in [0.5, 0.6) is 0 Å². The number of hydrogen-bond donors (Lipinski definition) is 1. The summed E-state index contributed by atoms with van der Waals surface area (Å²) in [4.78, 5) is 17.0. The number of carbonyl (C=O) groups is 1. The molecule has 0 saturated carbocycles. The summed E-state index contributed by atoms with van der Waals surface area (Å²) in [6.07, 6.45) is 1.64. The second-order valence-corrected chi connectivity index (χ2v) is 20.5. The summed E-state index contributed by atoms with van der Waals surface area (Å²) in [6.45, 7) is 22.2. The molecule has 0 aliphatic carbocycles. The van der Waals surface area contributed by atoms with Gasteiger partial charge in [-0.2, -0.15) is 0 Å². The van der Waals surface area contributed by atoms with Crippen LogP contribution in [0.3, 0.4) is 0 Å². The maximum atomic E-state index is 13.2. The fourth-order valence-electron chi connectivity index (χ4n) is 2.33. The smallest absolute Gasteiger partial charge is 0.309 e. The van der Waals surface area contributed by atoms with Crippen LogP contribution in [0.1, 0.15) is 53.5 Å². The first-order chi connectivity index (χ1) is 12.1. The molecule has 0 amide bonds. The summed E-state index contributed by atoms with van der Waals surface area (Å²) in [6, 6.07) is 10.1. The molecule has 0 aliphatic rings. The predicted octanol–water partition coefficient (Wildman–Crippen LogP) is 6.13. The summed E-state index contributed by atoms with van der Waals surface area (Å²) in [5, 5.41) is 0.179. The fourth-order valence-corrected chi connectivity index (χ4v) is 4.85. The van der Waals surface area contributed by atoms with Crippen molar-refractivity contribution in [3.63, 3.8) is 0 Å². The van der Waals surface area contributed by atoms with Crippen molar-refractivity contribution < 1.29 is 9.22 Å². The van der Waals surface area contributed by atoms with Crippen molar-refractivity contribution >= 4 is 22.5 Å². The first-order valence-electron chi connectivity index (χ1n) is 10.1. The number of aryl methyl sites for hydroxylation is 1. The second-order valence-electron chi connectivity index (χ2n) is 10.8. The van der Waals surface area contributed by atoms with E-state index < -0.39 is 16.6 Å². The lowest BCUT2D eigenvalue weighted by atomic mass is 10.1. The maximum Gasteiger partial charge on any atom is 0.309 e. The highest BCUT2D eigenvalue weighted by Gasteiger charge is 2.43. The number of carbonyl (C=O) groups excluding carboxylic acids is 1. The Morgan fingerprint density at radius 3 is 1.93 bits per heavy atom. The normalized spacial score (nSPS) is 14.7. The van der Waals surface area contributed by atoms with Gasteiger partial charge in [-0.25, -0.2) is 0 Å². The molecule has 1 aromatic rings. The second kappa shape index (κ2) is 8.62. The minimum Gasteiger partial charge on any atom is -0.518 e. The van der Waals surface area contributed by atoms with E-state index in [1.165, 1.54) is 5.56 Å². The van der Waals surface area contributed by atoms with Crippen LogP contribution in [0.15, 0.2) is 30.3 Å². The van der Waals surface area contributed by atoms with Gasteiger partial charge in [-0.1, -0.05) is 85.0 Å². The molecule has 1 aromatic carbocycles. The van der Waals surface area contributed by atoms with Crippen molar-refractivity contribution in [3.05, 3.63) is 35.9 Å². The summed E-state index contributed by atoms with van der Waals surface area (Å²) >= 11 is 0. The van der Waals surface area contributed by atoms with Crippen LogP contribution in [0.2, 0.25) is 36.3 Å². The van der Waals surface area contributed by atoms with Gasteiger partial charge in [0.2, 0.25) is 0 Å². The van der Waals surface area contributed by atoms with Gasteiger partial charge in [0.05, 0.1) is 6.04 Å². The number of rotatable bonds is 7. The minimum atomic E-state index is -2.13. The lowest BCUT2D eigenvalue weighted by molar-refractivity contribution is -0.137. The van der Waals surface area contributed by atoms with E-state index in [1.807, 2.05) is 6.07 Å². The maximum absolute atomic E-state index is 13.2. The molecule has 0 fully saturated rings. The predicted molar refractivity (Wildman–Crippen MR) is 122 cm³/mol. The number of nitrogens with one attached hydrogen (secondary N) is 1. The van der Waals surface area contributed by atoms with E-state index in [9.17, 15) is 4.79 Å². The van der Waals surface area contributed by atoms with Crippen molar-refractivity contribution in [1.29, 1.82) is 0 Å². The molecule has 0 unspecified atom stereocenters. The molecule has 154 valence electrons. The molecule has 3 nitrogen and oxygen atoms in total. The van der Waals surface area contributed by atoms with E-state index >= 15 is 0 Å². The van der Waals surface area contributed by atoms with Crippen molar-refractivity contribution in [2.75, 3.05) is 0 Å². The third kappa shape index (κ3) is 6.88. The average Bonchev–Trinajstić information content (AvgIpc) is 2.49. The lowest BCUT2D eigenvalue weighted by Crippen LogP contribution is -2.60. The van der Waals surface area contributed by atoms with Crippen molar-refractivity contribution in [2.24, 2.45) is 0 Å². The Labute approximate surface area is 169 Å². The molecule has 0 bridgehead atoms. The molecule has 0 aromatic heterocycles.